The lowest BCUT2D eigenvalue weighted by molar-refractivity contribution is -0.125. The molecule has 0 unspecified atom stereocenters. The van der Waals surface area contributed by atoms with Crippen LogP contribution >= 0.6 is 0 Å². The zero-order chi connectivity index (χ0) is 15.6. The molecule has 0 atom stereocenters. The molecule has 116 valence electrons. The fourth-order valence-electron chi connectivity index (χ4n) is 2.89. The van der Waals surface area contributed by atoms with Gasteiger partial charge in [0.25, 0.3) is 0 Å². The van der Waals surface area contributed by atoms with Crippen molar-refractivity contribution in [3.05, 3.63) is 48.0 Å². The molecule has 1 N–H and O–H groups in total. The van der Waals surface area contributed by atoms with E-state index in [4.69, 9.17) is 4.74 Å². The van der Waals surface area contributed by atoms with Crippen molar-refractivity contribution >= 4 is 11.6 Å². The molecule has 2 heterocycles. The topological polar surface area (TPSA) is 56.2 Å². The van der Waals surface area contributed by atoms with Gasteiger partial charge in [-0.25, -0.2) is 4.39 Å². The number of nitrogens with zero attached hydrogens (tertiary/aromatic N) is 2. The van der Waals surface area contributed by atoms with E-state index in [1.807, 2.05) is 0 Å². The second-order valence-corrected chi connectivity index (χ2v) is 5.56. The molecule has 1 aliphatic heterocycles. The minimum atomic E-state index is -0.768. The summed E-state index contributed by atoms with van der Waals surface area (Å²) >= 11 is 0. The van der Waals surface area contributed by atoms with Crippen molar-refractivity contribution < 1.29 is 13.9 Å². The number of aromatic nitrogens is 2. The Labute approximate surface area is 128 Å². The molecule has 1 fully saturated rings. The molecule has 0 saturated carbocycles. The quantitative estimate of drug-likeness (QED) is 0.946. The molecule has 0 bridgehead atoms. The van der Waals surface area contributed by atoms with E-state index in [0.717, 1.165) is 0 Å². The molecule has 1 aromatic carbocycles. The number of carbonyl (C=O) groups is 1. The smallest absolute Gasteiger partial charge is 0.235 e. The maximum atomic E-state index is 13.6. The molecule has 3 rings (SSSR count). The molecule has 1 amide bonds. The van der Waals surface area contributed by atoms with Crippen LogP contribution in [-0.4, -0.2) is 28.9 Å². The Morgan fingerprint density at radius 2 is 2.18 bits per heavy atom. The van der Waals surface area contributed by atoms with Gasteiger partial charge in [-0.15, -0.1) is 0 Å². The first-order chi connectivity index (χ1) is 10.6. The molecular weight excluding hydrogens is 285 g/mol. The van der Waals surface area contributed by atoms with Crippen LogP contribution < -0.4 is 5.32 Å². The van der Waals surface area contributed by atoms with Crippen LogP contribution in [0.25, 0.3) is 0 Å². The molecule has 5 nitrogen and oxygen atoms in total. The maximum absolute atomic E-state index is 13.6. The third-order valence-corrected chi connectivity index (χ3v) is 4.12. The molecule has 1 aromatic heterocycles. The summed E-state index contributed by atoms with van der Waals surface area (Å²) in [5, 5.41) is 6.93. The Hall–Kier alpha value is -2.21. The third-order valence-electron chi connectivity index (χ3n) is 4.12. The lowest BCUT2D eigenvalue weighted by atomic mass is 9.73. The zero-order valence-corrected chi connectivity index (χ0v) is 12.4. The standard InChI is InChI=1S/C16H18FN3O2/c1-20-11-14(10-18-20)19-15(21)16(5-7-22-8-6-16)12-3-2-4-13(17)9-12/h2-4,9-11H,5-8H2,1H3,(H,19,21). The molecule has 2 aromatic rings. The maximum Gasteiger partial charge on any atom is 0.235 e. The molecule has 6 heteroatoms. The van der Waals surface area contributed by atoms with Crippen LogP contribution in [0.15, 0.2) is 36.7 Å². The third kappa shape index (κ3) is 2.74. The molecule has 22 heavy (non-hydrogen) atoms. The van der Waals surface area contributed by atoms with Crippen molar-refractivity contribution in [2.24, 2.45) is 7.05 Å². The highest BCUT2D eigenvalue weighted by atomic mass is 19.1. The second kappa shape index (κ2) is 5.88. The van der Waals surface area contributed by atoms with Crippen LogP contribution in [0.5, 0.6) is 0 Å². The number of halogens is 1. The minimum absolute atomic E-state index is 0.144. The van der Waals surface area contributed by atoms with Crippen molar-refractivity contribution in [3.63, 3.8) is 0 Å². The average molecular weight is 303 g/mol. The van der Waals surface area contributed by atoms with E-state index in [1.54, 1.807) is 36.3 Å². The highest BCUT2D eigenvalue weighted by molar-refractivity contribution is 5.99. The van der Waals surface area contributed by atoms with Crippen LogP contribution in [0.3, 0.4) is 0 Å². The summed E-state index contributed by atoms with van der Waals surface area (Å²) in [6, 6.07) is 6.26. The fourth-order valence-corrected chi connectivity index (χ4v) is 2.89. The van der Waals surface area contributed by atoms with Crippen molar-refractivity contribution in [3.8, 4) is 0 Å². The van der Waals surface area contributed by atoms with Crippen molar-refractivity contribution in [1.29, 1.82) is 0 Å². The Morgan fingerprint density at radius 1 is 1.41 bits per heavy atom. The van der Waals surface area contributed by atoms with Crippen molar-refractivity contribution in [2.45, 2.75) is 18.3 Å². The van der Waals surface area contributed by atoms with Gasteiger partial charge in [-0.1, -0.05) is 12.1 Å². The summed E-state index contributed by atoms with van der Waals surface area (Å²) in [7, 11) is 1.78. The Morgan fingerprint density at radius 3 is 2.82 bits per heavy atom. The number of aryl methyl sites for hydroxylation is 1. The van der Waals surface area contributed by atoms with Crippen LogP contribution in [0, 0.1) is 5.82 Å². The molecule has 1 saturated heterocycles. The van der Waals surface area contributed by atoms with Crippen LogP contribution in [0.1, 0.15) is 18.4 Å². The van der Waals surface area contributed by atoms with Crippen LogP contribution in [0.2, 0.25) is 0 Å². The summed E-state index contributed by atoms with van der Waals surface area (Å²) in [5.41, 5.74) is 0.558. The fraction of sp³-hybridized carbons (Fsp3) is 0.375. The highest BCUT2D eigenvalue weighted by Gasteiger charge is 2.42. The van der Waals surface area contributed by atoms with E-state index in [-0.39, 0.29) is 11.7 Å². The summed E-state index contributed by atoms with van der Waals surface area (Å²) in [5.74, 6) is -0.480. The van der Waals surface area contributed by atoms with Gasteiger partial charge in [-0.2, -0.15) is 5.10 Å². The minimum Gasteiger partial charge on any atom is -0.381 e. The Bertz CT molecular complexity index is 678. The zero-order valence-electron chi connectivity index (χ0n) is 12.4. The van der Waals surface area contributed by atoms with Gasteiger partial charge >= 0.3 is 0 Å². The second-order valence-electron chi connectivity index (χ2n) is 5.56. The van der Waals surface area contributed by atoms with E-state index in [0.29, 0.717) is 37.3 Å². The number of benzene rings is 1. The van der Waals surface area contributed by atoms with E-state index >= 15 is 0 Å². The van der Waals surface area contributed by atoms with Gasteiger partial charge in [0.15, 0.2) is 0 Å². The summed E-state index contributed by atoms with van der Waals surface area (Å²) in [6.45, 7) is 0.966. The number of ether oxygens (including phenoxy) is 1. The Balaban J connectivity index is 1.93. The highest BCUT2D eigenvalue weighted by Crippen LogP contribution is 2.36. The number of anilines is 1. The molecule has 0 spiro atoms. The molecular formula is C16H18FN3O2. The van der Waals surface area contributed by atoms with Gasteiger partial charge < -0.3 is 10.1 Å². The van der Waals surface area contributed by atoms with Gasteiger partial charge in [-0.3, -0.25) is 9.48 Å². The summed E-state index contributed by atoms with van der Waals surface area (Å²) < 4.78 is 20.6. The van der Waals surface area contributed by atoms with Gasteiger partial charge in [0.2, 0.25) is 5.91 Å². The number of hydrogen-bond donors (Lipinski definition) is 1. The van der Waals surface area contributed by atoms with Crippen LogP contribution in [0.4, 0.5) is 10.1 Å². The SMILES string of the molecule is Cn1cc(NC(=O)C2(c3cccc(F)c3)CCOCC2)cn1. The van der Waals surface area contributed by atoms with E-state index in [1.165, 1.54) is 12.1 Å². The monoisotopic (exact) mass is 303 g/mol. The average Bonchev–Trinajstić information content (AvgIpc) is 2.93. The Kier molecular flexibility index (Phi) is 3.94. The summed E-state index contributed by atoms with van der Waals surface area (Å²) in [6.07, 6.45) is 4.39. The van der Waals surface area contributed by atoms with E-state index < -0.39 is 5.41 Å². The van der Waals surface area contributed by atoms with Gasteiger partial charge in [0.05, 0.1) is 17.3 Å². The molecule has 0 aliphatic carbocycles. The number of hydrogen-bond acceptors (Lipinski definition) is 3. The number of amides is 1. The van der Waals surface area contributed by atoms with E-state index in [9.17, 15) is 9.18 Å². The van der Waals surface area contributed by atoms with Gasteiger partial charge in [-0.05, 0) is 30.5 Å². The summed E-state index contributed by atoms with van der Waals surface area (Å²) in [4.78, 5) is 12.9. The normalized spacial score (nSPS) is 17.2. The predicted molar refractivity (Wildman–Crippen MR) is 80.0 cm³/mol. The first kappa shape index (κ1) is 14.7. The number of carbonyl (C=O) groups excluding carboxylic acids is 1. The number of rotatable bonds is 3. The first-order valence-corrected chi connectivity index (χ1v) is 7.24. The lowest BCUT2D eigenvalue weighted by Crippen LogP contribution is -2.44. The first-order valence-electron chi connectivity index (χ1n) is 7.24. The van der Waals surface area contributed by atoms with Crippen molar-refractivity contribution in [1.82, 2.24) is 9.78 Å². The predicted octanol–water partition coefficient (Wildman–Crippen LogP) is 2.25. The molecule has 1 aliphatic rings. The van der Waals surface area contributed by atoms with Gasteiger partial charge in [0, 0.05) is 26.5 Å². The van der Waals surface area contributed by atoms with Crippen LogP contribution in [-0.2, 0) is 22.0 Å². The van der Waals surface area contributed by atoms with Crippen molar-refractivity contribution in [2.75, 3.05) is 18.5 Å². The lowest BCUT2D eigenvalue weighted by Gasteiger charge is -2.36. The largest absolute Gasteiger partial charge is 0.381 e. The molecule has 0 radical (unpaired) electrons. The van der Waals surface area contributed by atoms with Gasteiger partial charge in [0.1, 0.15) is 5.82 Å². The van der Waals surface area contributed by atoms with E-state index in [2.05, 4.69) is 10.4 Å². The number of nitrogens with one attached hydrogen (secondary N) is 1.